The summed E-state index contributed by atoms with van der Waals surface area (Å²) in [5.74, 6) is -0.819. The summed E-state index contributed by atoms with van der Waals surface area (Å²) >= 11 is 1.67. The maximum absolute atomic E-state index is 13.0. The van der Waals surface area contributed by atoms with Crippen molar-refractivity contribution in [3.05, 3.63) is 84.1 Å². The van der Waals surface area contributed by atoms with E-state index in [1.807, 2.05) is 18.2 Å². The molecular formula is C23H16N4O2S. The molecule has 7 heteroatoms. The molecule has 2 heterocycles. The number of anilines is 1. The van der Waals surface area contributed by atoms with Gasteiger partial charge in [-0.2, -0.15) is 5.10 Å². The molecule has 0 unspecified atom stereocenters. The Hall–Kier alpha value is -3.97. The van der Waals surface area contributed by atoms with Crippen LogP contribution in [0, 0.1) is 0 Å². The molecule has 0 bridgehead atoms. The minimum absolute atomic E-state index is 0.276. The fourth-order valence-corrected chi connectivity index (χ4v) is 4.54. The number of primary amides is 1. The number of nitrogens with one attached hydrogen (secondary N) is 2. The number of carbonyl (C=O) groups excluding carboxylic acids is 2. The summed E-state index contributed by atoms with van der Waals surface area (Å²) in [4.78, 5) is 25.4. The summed E-state index contributed by atoms with van der Waals surface area (Å²) in [5.41, 5.74) is 8.48. The summed E-state index contributed by atoms with van der Waals surface area (Å²) in [6.07, 6.45) is 1.71. The maximum atomic E-state index is 13.0. The SMILES string of the molecule is NC(=O)c1cccc(NC(=O)c2cc(-c3cc4ccccc4s3)c3[nH]ncc3c2)c1. The van der Waals surface area contributed by atoms with E-state index < -0.39 is 5.91 Å². The number of rotatable bonds is 4. The van der Waals surface area contributed by atoms with Crippen LogP contribution in [0.25, 0.3) is 31.4 Å². The number of aromatic amines is 1. The summed E-state index contributed by atoms with van der Waals surface area (Å²) in [5, 5.41) is 12.0. The zero-order chi connectivity index (χ0) is 20.7. The molecule has 30 heavy (non-hydrogen) atoms. The molecule has 0 aliphatic rings. The minimum atomic E-state index is -0.544. The molecule has 6 nitrogen and oxygen atoms in total. The fraction of sp³-hybridized carbons (Fsp3) is 0. The first-order valence-corrected chi connectivity index (χ1v) is 10.1. The van der Waals surface area contributed by atoms with Crippen molar-refractivity contribution >= 4 is 49.8 Å². The van der Waals surface area contributed by atoms with E-state index in [9.17, 15) is 9.59 Å². The number of hydrogen-bond donors (Lipinski definition) is 3. The lowest BCUT2D eigenvalue weighted by Crippen LogP contribution is -2.14. The molecule has 0 radical (unpaired) electrons. The zero-order valence-electron chi connectivity index (χ0n) is 15.7. The molecule has 4 N–H and O–H groups in total. The maximum Gasteiger partial charge on any atom is 0.255 e. The molecule has 5 rings (SSSR count). The predicted octanol–water partition coefficient (Wildman–Crippen LogP) is 4.80. The van der Waals surface area contributed by atoms with Crippen LogP contribution in [0.4, 0.5) is 5.69 Å². The topological polar surface area (TPSA) is 101 Å². The van der Waals surface area contributed by atoms with E-state index in [1.54, 1.807) is 47.9 Å². The third-order valence-corrected chi connectivity index (χ3v) is 6.06. The van der Waals surface area contributed by atoms with Gasteiger partial charge in [-0.1, -0.05) is 24.3 Å². The van der Waals surface area contributed by atoms with Crippen molar-refractivity contribution in [1.82, 2.24) is 10.2 Å². The largest absolute Gasteiger partial charge is 0.366 e. The Morgan fingerprint density at radius 2 is 1.80 bits per heavy atom. The molecule has 0 spiro atoms. The first-order chi connectivity index (χ1) is 14.6. The summed E-state index contributed by atoms with van der Waals surface area (Å²) in [6.45, 7) is 0. The second kappa shape index (κ2) is 7.13. The second-order valence-electron chi connectivity index (χ2n) is 6.91. The molecule has 146 valence electrons. The van der Waals surface area contributed by atoms with Crippen LogP contribution in [-0.4, -0.2) is 22.0 Å². The van der Waals surface area contributed by atoms with Crippen molar-refractivity contribution in [3.8, 4) is 10.4 Å². The van der Waals surface area contributed by atoms with Gasteiger partial charge in [0, 0.05) is 37.3 Å². The summed E-state index contributed by atoms with van der Waals surface area (Å²) in [6, 6.07) is 20.5. The lowest BCUT2D eigenvalue weighted by Gasteiger charge is -2.08. The number of amides is 2. The molecule has 0 aliphatic carbocycles. The van der Waals surface area contributed by atoms with Gasteiger partial charge in [0.15, 0.2) is 0 Å². The van der Waals surface area contributed by atoms with Crippen molar-refractivity contribution in [2.75, 3.05) is 5.32 Å². The van der Waals surface area contributed by atoms with Gasteiger partial charge in [-0.05, 0) is 47.9 Å². The van der Waals surface area contributed by atoms with Crippen LogP contribution in [-0.2, 0) is 0 Å². The Balaban J connectivity index is 1.56. The van der Waals surface area contributed by atoms with E-state index in [0.29, 0.717) is 16.8 Å². The molecule has 0 saturated heterocycles. The lowest BCUT2D eigenvalue weighted by molar-refractivity contribution is 0.0996. The average molecular weight is 412 g/mol. The number of aromatic nitrogens is 2. The molecule has 2 amide bonds. The van der Waals surface area contributed by atoms with Gasteiger partial charge in [-0.3, -0.25) is 14.7 Å². The number of nitrogens with zero attached hydrogens (tertiary/aromatic N) is 1. The zero-order valence-corrected chi connectivity index (χ0v) is 16.5. The van der Waals surface area contributed by atoms with Gasteiger partial charge in [0.1, 0.15) is 0 Å². The Kier molecular flexibility index (Phi) is 4.30. The van der Waals surface area contributed by atoms with Gasteiger partial charge in [-0.15, -0.1) is 11.3 Å². The average Bonchev–Trinajstić information content (AvgIpc) is 3.39. The number of benzene rings is 3. The monoisotopic (exact) mass is 412 g/mol. The summed E-state index contributed by atoms with van der Waals surface area (Å²) < 4.78 is 1.18. The van der Waals surface area contributed by atoms with E-state index >= 15 is 0 Å². The minimum Gasteiger partial charge on any atom is -0.366 e. The van der Waals surface area contributed by atoms with Crippen LogP contribution < -0.4 is 11.1 Å². The van der Waals surface area contributed by atoms with Crippen LogP contribution in [0.5, 0.6) is 0 Å². The quantitative estimate of drug-likeness (QED) is 0.395. The van der Waals surface area contributed by atoms with Crippen LogP contribution in [0.15, 0.2) is 72.9 Å². The van der Waals surface area contributed by atoms with Gasteiger partial charge in [0.25, 0.3) is 5.91 Å². The molecule has 2 aromatic heterocycles. The highest BCUT2D eigenvalue weighted by Crippen LogP contribution is 2.37. The van der Waals surface area contributed by atoms with Crippen molar-refractivity contribution in [3.63, 3.8) is 0 Å². The van der Waals surface area contributed by atoms with Gasteiger partial charge in [0.2, 0.25) is 5.91 Å². The molecule has 3 aromatic carbocycles. The molecule has 5 aromatic rings. The number of H-pyrrole nitrogens is 1. The standard InChI is InChI=1S/C23H16N4O2S/c24-22(28)14-5-3-6-17(9-14)26-23(29)15-8-16-12-25-27-21(16)18(10-15)20-11-13-4-1-2-7-19(13)30-20/h1-12H,(H2,24,28)(H,25,27)(H,26,29). The number of carbonyl (C=O) groups is 2. The summed E-state index contributed by atoms with van der Waals surface area (Å²) in [7, 11) is 0. The van der Waals surface area contributed by atoms with Crippen LogP contribution in [0.2, 0.25) is 0 Å². The normalized spacial score (nSPS) is 11.1. The van der Waals surface area contributed by atoms with Gasteiger partial charge < -0.3 is 11.1 Å². The Morgan fingerprint density at radius 1 is 0.933 bits per heavy atom. The van der Waals surface area contributed by atoms with E-state index in [1.165, 1.54) is 4.70 Å². The van der Waals surface area contributed by atoms with Crippen LogP contribution in [0.1, 0.15) is 20.7 Å². The van der Waals surface area contributed by atoms with E-state index in [4.69, 9.17) is 5.73 Å². The molecule has 0 atom stereocenters. The first-order valence-electron chi connectivity index (χ1n) is 9.26. The van der Waals surface area contributed by atoms with Gasteiger partial charge in [-0.25, -0.2) is 0 Å². The molecule has 0 saturated carbocycles. The molecule has 0 fully saturated rings. The Bertz CT molecular complexity index is 1400. The highest BCUT2D eigenvalue weighted by atomic mass is 32.1. The van der Waals surface area contributed by atoms with Gasteiger partial charge in [0.05, 0.1) is 11.7 Å². The number of thiophene rings is 1. The number of hydrogen-bond acceptors (Lipinski definition) is 4. The second-order valence-corrected chi connectivity index (χ2v) is 7.99. The van der Waals surface area contributed by atoms with Crippen molar-refractivity contribution in [2.24, 2.45) is 5.73 Å². The van der Waals surface area contributed by atoms with Crippen molar-refractivity contribution in [1.29, 1.82) is 0 Å². The Labute approximate surface area is 175 Å². The third-order valence-electron chi connectivity index (χ3n) is 4.91. The number of nitrogens with two attached hydrogens (primary N) is 1. The van der Waals surface area contributed by atoms with E-state index in [-0.39, 0.29) is 5.91 Å². The predicted molar refractivity (Wildman–Crippen MR) is 120 cm³/mol. The van der Waals surface area contributed by atoms with Crippen molar-refractivity contribution < 1.29 is 9.59 Å². The molecular weight excluding hydrogens is 396 g/mol. The van der Waals surface area contributed by atoms with E-state index in [0.717, 1.165) is 26.7 Å². The van der Waals surface area contributed by atoms with Crippen LogP contribution in [0.3, 0.4) is 0 Å². The van der Waals surface area contributed by atoms with E-state index in [2.05, 4.69) is 33.7 Å². The molecule has 0 aliphatic heterocycles. The van der Waals surface area contributed by atoms with Crippen molar-refractivity contribution in [2.45, 2.75) is 0 Å². The third kappa shape index (κ3) is 3.21. The smallest absolute Gasteiger partial charge is 0.255 e. The van der Waals surface area contributed by atoms with Crippen LogP contribution >= 0.6 is 11.3 Å². The lowest BCUT2D eigenvalue weighted by atomic mass is 10.0. The Morgan fingerprint density at radius 3 is 2.63 bits per heavy atom. The first kappa shape index (κ1) is 18.1. The highest BCUT2D eigenvalue weighted by molar-refractivity contribution is 7.22. The highest BCUT2D eigenvalue weighted by Gasteiger charge is 2.15. The van der Waals surface area contributed by atoms with Gasteiger partial charge >= 0.3 is 0 Å². The fourth-order valence-electron chi connectivity index (χ4n) is 3.45. The number of fused-ring (bicyclic) bond motifs is 2.